The van der Waals surface area contributed by atoms with E-state index in [0.717, 1.165) is 0 Å². The van der Waals surface area contributed by atoms with Gasteiger partial charge in [-0.1, -0.05) is 0 Å². The van der Waals surface area contributed by atoms with Crippen molar-refractivity contribution >= 4 is 23.2 Å². The number of nitro groups is 1. The summed E-state index contributed by atoms with van der Waals surface area (Å²) in [5.74, 6) is -0.641. The molecule has 1 aromatic carbocycles. The Kier molecular flexibility index (Phi) is 3.46. The zero-order valence-corrected chi connectivity index (χ0v) is 10.3. The molecule has 0 aromatic heterocycles. The van der Waals surface area contributed by atoms with Gasteiger partial charge in [0.05, 0.1) is 4.92 Å². The summed E-state index contributed by atoms with van der Waals surface area (Å²) >= 11 is 0. The number of nitrogens with one attached hydrogen (secondary N) is 2. The van der Waals surface area contributed by atoms with Crippen molar-refractivity contribution in [1.82, 2.24) is 5.32 Å². The molecule has 7 nitrogen and oxygen atoms in total. The van der Waals surface area contributed by atoms with Gasteiger partial charge >= 0.3 is 0 Å². The third kappa shape index (κ3) is 2.87. The number of aryl methyl sites for hydroxylation is 1. The molecule has 0 spiro atoms. The first-order valence-electron chi connectivity index (χ1n) is 5.82. The summed E-state index contributed by atoms with van der Waals surface area (Å²) < 4.78 is 0. The summed E-state index contributed by atoms with van der Waals surface area (Å²) in [6.45, 7) is 1.72. The second kappa shape index (κ2) is 5.05. The highest BCUT2D eigenvalue weighted by Crippen LogP contribution is 2.23. The van der Waals surface area contributed by atoms with Crippen molar-refractivity contribution in [2.24, 2.45) is 0 Å². The van der Waals surface area contributed by atoms with Crippen LogP contribution in [0.4, 0.5) is 11.4 Å². The summed E-state index contributed by atoms with van der Waals surface area (Å²) in [4.78, 5) is 32.8. The molecule has 0 bridgehead atoms. The van der Waals surface area contributed by atoms with Gasteiger partial charge in [-0.15, -0.1) is 0 Å². The maximum atomic E-state index is 11.6. The van der Waals surface area contributed by atoms with Gasteiger partial charge in [0.15, 0.2) is 0 Å². The van der Waals surface area contributed by atoms with Crippen molar-refractivity contribution < 1.29 is 14.5 Å². The van der Waals surface area contributed by atoms with Crippen molar-refractivity contribution in [1.29, 1.82) is 0 Å². The summed E-state index contributed by atoms with van der Waals surface area (Å²) in [5, 5.41) is 15.9. The minimum Gasteiger partial charge on any atom is -0.373 e. The van der Waals surface area contributed by atoms with Crippen LogP contribution in [0.1, 0.15) is 18.4 Å². The van der Waals surface area contributed by atoms with Crippen LogP contribution in [0.3, 0.4) is 0 Å². The van der Waals surface area contributed by atoms with Crippen LogP contribution in [0, 0.1) is 17.0 Å². The van der Waals surface area contributed by atoms with Crippen LogP contribution in [-0.2, 0) is 9.59 Å². The smallest absolute Gasteiger partial charge is 0.269 e. The number of nitro benzene ring substituents is 1. The Morgan fingerprint density at radius 1 is 1.42 bits per heavy atom. The van der Waals surface area contributed by atoms with E-state index in [0.29, 0.717) is 17.7 Å². The zero-order chi connectivity index (χ0) is 14.0. The van der Waals surface area contributed by atoms with E-state index in [4.69, 9.17) is 0 Å². The Hall–Kier alpha value is -2.44. The Labute approximate surface area is 109 Å². The summed E-state index contributed by atoms with van der Waals surface area (Å²) in [6, 6.07) is 3.89. The topological polar surface area (TPSA) is 101 Å². The van der Waals surface area contributed by atoms with Crippen molar-refractivity contribution in [3.8, 4) is 0 Å². The molecule has 2 amide bonds. The highest BCUT2D eigenvalue weighted by molar-refractivity contribution is 6.01. The van der Waals surface area contributed by atoms with Gasteiger partial charge in [0, 0.05) is 24.2 Å². The van der Waals surface area contributed by atoms with E-state index < -0.39 is 11.0 Å². The molecule has 1 saturated heterocycles. The second-order valence-electron chi connectivity index (χ2n) is 4.40. The minimum absolute atomic E-state index is 0.00586. The van der Waals surface area contributed by atoms with Gasteiger partial charge in [-0.25, -0.2) is 0 Å². The fourth-order valence-electron chi connectivity index (χ4n) is 1.94. The molecule has 19 heavy (non-hydrogen) atoms. The van der Waals surface area contributed by atoms with Gasteiger partial charge in [-0.3, -0.25) is 25.0 Å². The number of hydrogen-bond acceptors (Lipinski definition) is 5. The largest absolute Gasteiger partial charge is 0.373 e. The van der Waals surface area contributed by atoms with Crippen LogP contribution in [0.5, 0.6) is 0 Å². The van der Waals surface area contributed by atoms with Gasteiger partial charge in [0.1, 0.15) is 6.04 Å². The number of rotatable bonds is 3. The standard InChI is InChI=1S/C12H13N3O4/c1-7-6-8(15(18)19)2-3-9(7)13-10-4-5-11(16)14-12(10)17/h2-3,6,10,13H,4-5H2,1H3,(H,14,16,17). The first-order valence-corrected chi connectivity index (χ1v) is 5.82. The number of piperidine rings is 1. The molecule has 7 heteroatoms. The van der Waals surface area contributed by atoms with Crippen molar-refractivity contribution in [2.45, 2.75) is 25.8 Å². The van der Waals surface area contributed by atoms with Gasteiger partial charge in [-0.05, 0) is 25.0 Å². The van der Waals surface area contributed by atoms with E-state index in [2.05, 4.69) is 10.6 Å². The molecule has 2 rings (SSSR count). The Morgan fingerprint density at radius 3 is 2.74 bits per heavy atom. The summed E-state index contributed by atoms with van der Waals surface area (Å²) in [7, 11) is 0. The molecular formula is C12H13N3O4. The molecule has 1 aliphatic rings. The molecule has 100 valence electrons. The van der Waals surface area contributed by atoms with E-state index in [1.54, 1.807) is 13.0 Å². The van der Waals surface area contributed by atoms with Gasteiger partial charge in [0.25, 0.3) is 5.69 Å². The van der Waals surface area contributed by atoms with Crippen LogP contribution in [0.25, 0.3) is 0 Å². The molecule has 0 radical (unpaired) electrons. The average Bonchev–Trinajstić information content (AvgIpc) is 2.34. The molecule has 2 N–H and O–H groups in total. The lowest BCUT2D eigenvalue weighted by Crippen LogP contribution is -2.47. The number of non-ortho nitro benzene ring substituents is 1. The molecule has 0 aliphatic carbocycles. The van der Waals surface area contributed by atoms with Crippen molar-refractivity contribution in [3.63, 3.8) is 0 Å². The van der Waals surface area contributed by atoms with E-state index in [1.807, 2.05) is 0 Å². The number of benzene rings is 1. The fourth-order valence-corrected chi connectivity index (χ4v) is 1.94. The quantitative estimate of drug-likeness (QED) is 0.483. The van der Waals surface area contributed by atoms with E-state index in [-0.39, 0.29) is 23.9 Å². The highest BCUT2D eigenvalue weighted by atomic mass is 16.6. The summed E-state index contributed by atoms with van der Waals surface area (Å²) in [5.41, 5.74) is 1.34. The number of imide groups is 1. The van der Waals surface area contributed by atoms with Gasteiger partial charge in [0.2, 0.25) is 11.8 Å². The zero-order valence-electron chi connectivity index (χ0n) is 10.3. The lowest BCUT2D eigenvalue weighted by atomic mass is 10.0. The minimum atomic E-state index is -0.488. The van der Waals surface area contributed by atoms with E-state index in [1.165, 1.54) is 12.1 Å². The number of carbonyl (C=O) groups excluding carboxylic acids is 2. The van der Waals surface area contributed by atoms with Crippen LogP contribution < -0.4 is 10.6 Å². The van der Waals surface area contributed by atoms with Crippen molar-refractivity contribution in [2.75, 3.05) is 5.32 Å². The van der Waals surface area contributed by atoms with Gasteiger partial charge < -0.3 is 5.32 Å². The van der Waals surface area contributed by atoms with Crippen LogP contribution in [0.15, 0.2) is 18.2 Å². The molecule has 1 fully saturated rings. The van der Waals surface area contributed by atoms with Gasteiger partial charge in [-0.2, -0.15) is 0 Å². The molecular weight excluding hydrogens is 250 g/mol. The molecule has 1 heterocycles. The third-order valence-electron chi connectivity index (χ3n) is 2.99. The van der Waals surface area contributed by atoms with Crippen molar-refractivity contribution in [3.05, 3.63) is 33.9 Å². The first kappa shape index (κ1) is 13.0. The number of amides is 2. The normalized spacial score (nSPS) is 18.9. The number of anilines is 1. The number of nitrogens with zero attached hydrogens (tertiary/aromatic N) is 1. The third-order valence-corrected chi connectivity index (χ3v) is 2.99. The predicted octanol–water partition coefficient (Wildman–Crippen LogP) is 1.12. The lowest BCUT2D eigenvalue weighted by Gasteiger charge is -2.23. The number of hydrogen-bond donors (Lipinski definition) is 2. The highest BCUT2D eigenvalue weighted by Gasteiger charge is 2.26. The Morgan fingerprint density at radius 2 is 2.16 bits per heavy atom. The van der Waals surface area contributed by atoms with Crippen LogP contribution in [-0.4, -0.2) is 22.8 Å². The summed E-state index contributed by atoms with van der Waals surface area (Å²) in [6.07, 6.45) is 0.705. The fraction of sp³-hybridized carbons (Fsp3) is 0.333. The SMILES string of the molecule is Cc1cc([N+](=O)[O-])ccc1NC1CCC(=O)NC1=O. The van der Waals surface area contributed by atoms with E-state index >= 15 is 0 Å². The molecule has 1 unspecified atom stereocenters. The average molecular weight is 263 g/mol. The monoisotopic (exact) mass is 263 g/mol. The molecule has 0 saturated carbocycles. The predicted molar refractivity (Wildman–Crippen MR) is 67.6 cm³/mol. The Balaban J connectivity index is 2.13. The van der Waals surface area contributed by atoms with Crippen LogP contribution in [0.2, 0.25) is 0 Å². The Bertz CT molecular complexity index is 556. The second-order valence-corrected chi connectivity index (χ2v) is 4.40. The molecule has 1 aromatic rings. The molecule has 1 aliphatic heterocycles. The van der Waals surface area contributed by atoms with E-state index in [9.17, 15) is 19.7 Å². The number of carbonyl (C=O) groups is 2. The van der Waals surface area contributed by atoms with Crippen LogP contribution >= 0.6 is 0 Å². The maximum Gasteiger partial charge on any atom is 0.269 e. The first-order chi connectivity index (χ1) is 8.97. The molecule has 1 atom stereocenters. The maximum absolute atomic E-state index is 11.6. The lowest BCUT2D eigenvalue weighted by molar-refractivity contribution is -0.384.